The van der Waals surface area contributed by atoms with Crippen molar-refractivity contribution in [3.63, 3.8) is 0 Å². The molecular weight excluding hydrogens is 918 g/mol. The summed E-state index contributed by atoms with van der Waals surface area (Å²) in [6, 6.07) is 50.0. The van der Waals surface area contributed by atoms with E-state index in [1.807, 2.05) is 130 Å². The van der Waals surface area contributed by atoms with Gasteiger partial charge in [-0.3, -0.25) is 9.59 Å². The van der Waals surface area contributed by atoms with Crippen LogP contribution in [0.15, 0.2) is 182 Å². The predicted octanol–water partition coefficient (Wildman–Crippen LogP) is 12.1. The molecule has 4 heterocycles. The maximum atomic E-state index is 10.4. The third kappa shape index (κ3) is 15.0. The summed E-state index contributed by atoms with van der Waals surface area (Å²) in [5.74, 6) is 3.80. The smallest absolute Gasteiger partial charge is 0.453 e. The van der Waals surface area contributed by atoms with E-state index in [-0.39, 0.29) is 0 Å². The maximum absolute atomic E-state index is 10.4. The van der Waals surface area contributed by atoms with Crippen LogP contribution in [-0.2, 0) is 7.05 Å². The molecule has 0 aliphatic carbocycles. The molecule has 0 atom stereocenters. The maximum Gasteiger partial charge on any atom is 0.488 e. The lowest BCUT2D eigenvalue weighted by Crippen LogP contribution is -2.29. The zero-order valence-corrected chi connectivity index (χ0v) is 38.5. The minimum Gasteiger partial charge on any atom is -0.453 e. The number of nitrogens with one attached hydrogen (secondary N) is 1. The van der Waals surface area contributed by atoms with Crippen LogP contribution in [0.5, 0.6) is 0 Å². The standard InChI is InChI=1S/C18H13ClN2O.C11H8O2.C7H9ClN2.C6H7BO2.C5H3BrO2.C2H6/c1-21-15-11-13(19)7-8-14(15)20-18(21)17-10-9-16(22-17)12-5-3-2-4-6-12;12-8-10-6-7-11(13-10)9-4-2-1-3-5-9;1-10-7-4-5(8)2-3-6(7)9;8-7(9)6-4-2-1-3-5-6;6-5-2-1-4(3-7)8-5;1-2/h2-11H,1H3;1-8H;2-4,10H,9H2,1H3;1-5,8-9H;1-3H;1-2H3. The van der Waals surface area contributed by atoms with E-state index >= 15 is 0 Å². The van der Waals surface area contributed by atoms with Crippen LogP contribution < -0.4 is 16.5 Å². The molecule has 0 amide bonds. The second-order valence-corrected chi connectivity index (χ2v) is 14.5. The number of hydrogen-bond acceptors (Lipinski definition) is 10. The normalized spacial score (nSPS) is 9.83. The number of carbonyl (C=O) groups is 2. The van der Waals surface area contributed by atoms with Gasteiger partial charge in [0.05, 0.1) is 22.4 Å². The number of furan rings is 3. The number of halogens is 3. The molecule has 4 aromatic heterocycles. The molecule has 0 saturated carbocycles. The van der Waals surface area contributed by atoms with Gasteiger partial charge in [-0.25, -0.2) is 4.98 Å². The largest absolute Gasteiger partial charge is 0.488 e. The number of anilines is 2. The minimum absolute atomic E-state index is 0.344. The average molecular weight is 965 g/mol. The summed E-state index contributed by atoms with van der Waals surface area (Å²) in [6.07, 6.45) is 1.36. The van der Waals surface area contributed by atoms with Crippen LogP contribution in [0.4, 0.5) is 11.4 Å². The molecule has 0 spiro atoms. The zero-order valence-electron chi connectivity index (χ0n) is 35.4. The van der Waals surface area contributed by atoms with E-state index in [1.54, 1.807) is 66.7 Å². The van der Waals surface area contributed by atoms with Gasteiger partial charge in [-0.1, -0.05) is 128 Å². The molecule has 0 saturated heterocycles. The monoisotopic (exact) mass is 962 g/mol. The number of benzene rings is 5. The van der Waals surface area contributed by atoms with Crippen LogP contribution in [0.2, 0.25) is 10.0 Å². The van der Waals surface area contributed by atoms with Crippen molar-refractivity contribution in [3.8, 4) is 34.2 Å². The van der Waals surface area contributed by atoms with Gasteiger partial charge >= 0.3 is 7.12 Å². The van der Waals surface area contributed by atoms with Crippen LogP contribution in [0, 0.1) is 0 Å². The first-order valence-electron chi connectivity index (χ1n) is 19.7. The Balaban J connectivity index is 0.000000185. The Bertz CT molecular complexity index is 2780. The Labute approximate surface area is 390 Å². The first kappa shape index (κ1) is 50.0. The highest BCUT2D eigenvalue weighted by Crippen LogP contribution is 2.30. The Morgan fingerprint density at radius 1 is 0.656 bits per heavy atom. The number of nitrogens with two attached hydrogens (primary N) is 1. The number of rotatable bonds is 7. The van der Waals surface area contributed by atoms with Crippen molar-refractivity contribution in [2.24, 2.45) is 7.05 Å². The Hall–Kier alpha value is -6.61. The lowest BCUT2D eigenvalue weighted by Gasteiger charge is -2.03. The van der Waals surface area contributed by atoms with Crippen LogP contribution in [0.25, 0.3) is 45.3 Å². The summed E-state index contributed by atoms with van der Waals surface area (Å²) in [6.45, 7) is 4.00. The molecule has 0 aliphatic heterocycles. The molecule has 0 radical (unpaired) electrons. The summed E-state index contributed by atoms with van der Waals surface area (Å²) in [5, 5.41) is 21.5. The first-order valence-corrected chi connectivity index (χ1v) is 21.3. The summed E-state index contributed by atoms with van der Waals surface area (Å²) in [5.41, 5.74) is 11.6. The number of aldehydes is 2. The molecule has 0 aliphatic rings. The number of nitrogens with zero attached hydrogens (tertiary/aromatic N) is 2. The Morgan fingerprint density at radius 3 is 1.64 bits per heavy atom. The molecular formula is C49H46BBrCl2N4O7. The van der Waals surface area contributed by atoms with Crippen molar-refractivity contribution in [2.75, 3.05) is 18.1 Å². The van der Waals surface area contributed by atoms with Crippen LogP contribution >= 0.6 is 39.1 Å². The van der Waals surface area contributed by atoms with Gasteiger partial charge in [0, 0.05) is 35.3 Å². The number of carbonyl (C=O) groups excluding carboxylic acids is 2. The Kier molecular flexibility index (Phi) is 20.4. The molecule has 5 N–H and O–H groups in total. The Morgan fingerprint density at radius 2 is 1.16 bits per heavy atom. The highest BCUT2D eigenvalue weighted by molar-refractivity contribution is 9.10. The molecule has 15 heteroatoms. The molecule has 9 aromatic rings. The molecule has 0 unspecified atom stereocenters. The molecule has 11 nitrogen and oxygen atoms in total. The van der Waals surface area contributed by atoms with Crippen molar-refractivity contribution in [2.45, 2.75) is 13.8 Å². The summed E-state index contributed by atoms with van der Waals surface area (Å²) in [4.78, 5) is 24.9. The lowest BCUT2D eigenvalue weighted by atomic mass is 9.81. The number of nitrogen functional groups attached to an aromatic ring is 1. The quantitative estimate of drug-likeness (QED) is 0.0685. The highest BCUT2D eigenvalue weighted by Gasteiger charge is 2.14. The molecule has 5 aromatic carbocycles. The summed E-state index contributed by atoms with van der Waals surface area (Å²) >= 11 is 14.8. The van der Waals surface area contributed by atoms with Crippen LogP contribution in [0.1, 0.15) is 35.0 Å². The summed E-state index contributed by atoms with van der Waals surface area (Å²) in [7, 11) is 2.43. The van der Waals surface area contributed by atoms with Gasteiger partial charge in [0.2, 0.25) is 0 Å². The SMILES string of the molecule is CC.CNc1cc(Cl)ccc1N.Cn1c(-c2ccc(-c3ccccc3)o2)nc2ccc(Cl)cc21.O=Cc1ccc(-c2ccccc2)o1.O=Cc1ccc(Br)o1.OB(O)c1ccccc1. The molecule has 328 valence electrons. The number of fused-ring (bicyclic) bond motifs is 1. The van der Waals surface area contributed by atoms with E-state index in [9.17, 15) is 9.59 Å². The fourth-order valence-corrected chi connectivity index (χ4v) is 6.19. The van der Waals surface area contributed by atoms with Crippen molar-refractivity contribution >= 4 is 86.7 Å². The number of hydrogen-bond donors (Lipinski definition) is 4. The van der Waals surface area contributed by atoms with Crippen molar-refractivity contribution in [1.29, 1.82) is 0 Å². The zero-order chi connectivity index (χ0) is 46.4. The lowest BCUT2D eigenvalue weighted by molar-refractivity contribution is 0.109. The minimum atomic E-state index is -1.34. The molecule has 0 fully saturated rings. The van der Waals surface area contributed by atoms with Gasteiger partial charge in [-0.2, -0.15) is 0 Å². The van der Waals surface area contributed by atoms with Gasteiger partial charge in [-0.15, -0.1) is 0 Å². The molecule has 64 heavy (non-hydrogen) atoms. The van der Waals surface area contributed by atoms with Crippen molar-refractivity contribution in [1.82, 2.24) is 9.55 Å². The second-order valence-electron chi connectivity index (χ2n) is 12.9. The van der Waals surface area contributed by atoms with E-state index in [0.717, 1.165) is 51.0 Å². The van der Waals surface area contributed by atoms with Gasteiger partial charge in [0.25, 0.3) is 0 Å². The summed E-state index contributed by atoms with van der Waals surface area (Å²) < 4.78 is 18.6. The van der Waals surface area contributed by atoms with Crippen LogP contribution in [-0.4, -0.2) is 46.3 Å². The molecule has 0 bridgehead atoms. The second kappa shape index (κ2) is 26.1. The van der Waals surface area contributed by atoms with Gasteiger partial charge in [0.1, 0.15) is 11.5 Å². The van der Waals surface area contributed by atoms with E-state index in [0.29, 0.717) is 50.0 Å². The fraction of sp³-hybridized carbons (Fsp3) is 0.0816. The van der Waals surface area contributed by atoms with Gasteiger partial charge in [-0.05, 0) is 94.2 Å². The third-order valence-corrected chi connectivity index (χ3v) is 9.52. The topological polar surface area (TPSA) is 170 Å². The highest BCUT2D eigenvalue weighted by atomic mass is 79.9. The van der Waals surface area contributed by atoms with E-state index in [4.69, 9.17) is 52.2 Å². The average Bonchev–Trinajstić information content (AvgIpc) is 4.17. The van der Waals surface area contributed by atoms with Gasteiger partial charge in [0.15, 0.2) is 40.3 Å². The first-order chi connectivity index (χ1) is 31.0. The van der Waals surface area contributed by atoms with Gasteiger partial charge < -0.3 is 38.9 Å². The predicted molar refractivity (Wildman–Crippen MR) is 263 cm³/mol. The number of aromatic nitrogens is 2. The van der Waals surface area contributed by atoms with Crippen molar-refractivity contribution < 1.29 is 32.9 Å². The number of imidazole rings is 1. The number of aryl methyl sites for hydroxylation is 1. The van der Waals surface area contributed by atoms with Crippen molar-refractivity contribution in [3.05, 3.63) is 190 Å². The molecule has 9 rings (SSSR count). The van der Waals surface area contributed by atoms with Crippen LogP contribution in [0.3, 0.4) is 0 Å². The van der Waals surface area contributed by atoms with E-state index < -0.39 is 7.12 Å². The third-order valence-electron chi connectivity index (χ3n) is 8.62. The van der Waals surface area contributed by atoms with E-state index in [2.05, 4.69) is 26.2 Å². The van der Waals surface area contributed by atoms with E-state index in [1.165, 1.54) is 0 Å². The fourth-order valence-electron chi connectivity index (χ4n) is 5.53.